The maximum atomic E-state index is 14.3. The normalized spacial score (nSPS) is 12.1. The van der Waals surface area contributed by atoms with E-state index in [1.807, 2.05) is 74.8 Å². The first kappa shape index (κ1) is 24.1. The zero-order chi connectivity index (χ0) is 27.1. The highest BCUT2D eigenvalue weighted by Gasteiger charge is 2.22. The van der Waals surface area contributed by atoms with Crippen LogP contribution in [0.4, 0.5) is 11.5 Å². The third kappa shape index (κ3) is 4.31. The Bertz CT molecular complexity index is 1870. The molecule has 0 aliphatic rings. The third-order valence-corrected chi connectivity index (χ3v) is 6.63. The molecule has 0 unspecified atom stereocenters. The second-order valence-corrected chi connectivity index (χ2v) is 9.35. The van der Waals surface area contributed by atoms with Crippen LogP contribution >= 0.6 is 0 Å². The third-order valence-electron chi connectivity index (χ3n) is 6.63. The Morgan fingerprint density at radius 3 is 2.62 bits per heavy atom. The van der Waals surface area contributed by atoms with Gasteiger partial charge in [-0.3, -0.25) is 14.0 Å². The molecule has 0 saturated heterocycles. The van der Waals surface area contributed by atoms with Crippen LogP contribution in [0.5, 0.6) is 0 Å². The number of benzene rings is 2. The van der Waals surface area contributed by atoms with Crippen LogP contribution in [0.15, 0.2) is 88.6 Å². The lowest BCUT2D eigenvalue weighted by molar-refractivity contribution is 0.426. The Labute approximate surface area is 223 Å². The van der Waals surface area contributed by atoms with Crippen molar-refractivity contribution in [2.45, 2.75) is 19.9 Å². The van der Waals surface area contributed by atoms with Crippen molar-refractivity contribution in [1.82, 2.24) is 29.5 Å². The van der Waals surface area contributed by atoms with E-state index in [0.29, 0.717) is 28.3 Å². The van der Waals surface area contributed by atoms with Gasteiger partial charge in [0, 0.05) is 42.1 Å². The van der Waals surface area contributed by atoms with Crippen LogP contribution in [-0.2, 0) is 7.05 Å². The van der Waals surface area contributed by atoms with Crippen LogP contribution in [0.2, 0.25) is 0 Å². The van der Waals surface area contributed by atoms with Crippen molar-refractivity contribution in [3.05, 3.63) is 101 Å². The monoisotopic (exact) mass is 518 g/mol. The number of para-hydroxylation sites is 1. The predicted octanol–water partition coefficient (Wildman–Crippen LogP) is 4.90. The molecule has 1 atom stereocenters. The standard InChI is InChI=1S/C29H26N8O2/c1-17(33-27-26(23(30)12-13-31-27)28-34-18(2)35-39-28)24-14-19-8-7-11-22(20-15-32-36(3)16-20)25(19)29(38)37(24)21-9-5-4-6-10-21/h4-17H,1-3H3,(H3,30,31,33)/t17-/m0/s1. The molecule has 194 valence electrons. The van der Waals surface area contributed by atoms with Gasteiger partial charge in [0.05, 0.1) is 17.6 Å². The van der Waals surface area contributed by atoms with E-state index in [4.69, 9.17) is 10.3 Å². The van der Waals surface area contributed by atoms with Gasteiger partial charge in [-0.2, -0.15) is 10.1 Å². The first-order valence-electron chi connectivity index (χ1n) is 12.5. The maximum Gasteiger partial charge on any atom is 0.263 e. The summed E-state index contributed by atoms with van der Waals surface area (Å²) in [5.41, 5.74) is 10.3. The molecule has 0 amide bonds. The molecule has 39 heavy (non-hydrogen) atoms. The summed E-state index contributed by atoms with van der Waals surface area (Å²) in [4.78, 5) is 23.2. The van der Waals surface area contributed by atoms with Gasteiger partial charge in [-0.05, 0) is 49.1 Å². The number of aromatic nitrogens is 6. The molecule has 0 bridgehead atoms. The van der Waals surface area contributed by atoms with Gasteiger partial charge in [0.1, 0.15) is 11.4 Å². The van der Waals surface area contributed by atoms with E-state index in [1.165, 1.54) is 0 Å². The van der Waals surface area contributed by atoms with Gasteiger partial charge in [0.15, 0.2) is 5.82 Å². The van der Waals surface area contributed by atoms with Crippen molar-refractivity contribution >= 4 is 22.3 Å². The van der Waals surface area contributed by atoms with Crippen molar-refractivity contribution in [3.63, 3.8) is 0 Å². The molecule has 0 radical (unpaired) electrons. The number of hydrogen-bond acceptors (Lipinski definition) is 8. The first-order valence-corrected chi connectivity index (χ1v) is 12.5. The lowest BCUT2D eigenvalue weighted by atomic mass is 9.99. The molecule has 10 nitrogen and oxygen atoms in total. The summed E-state index contributed by atoms with van der Waals surface area (Å²) in [6, 6.07) is 18.8. The summed E-state index contributed by atoms with van der Waals surface area (Å²) in [7, 11) is 1.86. The van der Waals surface area contributed by atoms with Crippen molar-refractivity contribution < 1.29 is 4.52 Å². The van der Waals surface area contributed by atoms with Crippen LogP contribution in [0.3, 0.4) is 0 Å². The average molecular weight is 519 g/mol. The molecule has 0 saturated carbocycles. The fourth-order valence-corrected chi connectivity index (χ4v) is 4.83. The molecule has 2 aromatic carbocycles. The minimum atomic E-state index is -0.360. The number of pyridine rings is 2. The minimum absolute atomic E-state index is 0.130. The summed E-state index contributed by atoms with van der Waals surface area (Å²) >= 11 is 0. The highest BCUT2D eigenvalue weighted by molar-refractivity contribution is 5.96. The number of fused-ring (bicyclic) bond motifs is 1. The summed E-state index contributed by atoms with van der Waals surface area (Å²) in [6.45, 7) is 3.71. The van der Waals surface area contributed by atoms with Gasteiger partial charge in [0.2, 0.25) is 0 Å². The molecule has 0 fully saturated rings. The summed E-state index contributed by atoms with van der Waals surface area (Å²) < 4.78 is 8.87. The van der Waals surface area contributed by atoms with E-state index in [9.17, 15) is 4.79 Å². The molecule has 0 spiro atoms. The lowest BCUT2D eigenvalue weighted by Crippen LogP contribution is -2.26. The van der Waals surface area contributed by atoms with E-state index in [1.54, 1.807) is 34.6 Å². The van der Waals surface area contributed by atoms with Gasteiger partial charge in [-0.25, -0.2) is 4.98 Å². The quantitative estimate of drug-likeness (QED) is 0.318. The van der Waals surface area contributed by atoms with Crippen LogP contribution in [-0.4, -0.2) is 29.5 Å². The zero-order valence-corrected chi connectivity index (χ0v) is 21.7. The molecule has 3 N–H and O–H groups in total. The zero-order valence-electron chi connectivity index (χ0n) is 21.7. The van der Waals surface area contributed by atoms with E-state index in [0.717, 1.165) is 27.9 Å². The molecule has 4 heterocycles. The molecule has 10 heteroatoms. The van der Waals surface area contributed by atoms with Gasteiger partial charge in [-0.1, -0.05) is 41.6 Å². The topological polar surface area (TPSA) is 130 Å². The Morgan fingerprint density at radius 1 is 1.08 bits per heavy atom. The summed E-state index contributed by atoms with van der Waals surface area (Å²) in [5, 5.41) is 13.1. The second kappa shape index (κ2) is 9.56. The number of nitrogens with zero attached hydrogens (tertiary/aromatic N) is 6. The number of anilines is 2. The van der Waals surface area contributed by atoms with Crippen molar-refractivity contribution in [3.8, 4) is 28.3 Å². The molecular formula is C29H26N8O2. The fraction of sp³-hybridized carbons (Fsp3) is 0.138. The van der Waals surface area contributed by atoms with Gasteiger partial charge < -0.3 is 15.6 Å². The second-order valence-electron chi connectivity index (χ2n) is 9.35. The number of rotatable bonds is 6. The van der Waals surface area contributed by atoms with Crippen LogP contribution < -0.4 is 16.6 Å². The molecule has 0 aliphatic heterocycles. The number of nitrogens with two attached hydrogens (primary N) is 1. The fourth-order valence-electron chi connectivity index (χ4n) is 4.83. The number of hydrogen-bond donors (Lipinski definition) is 2. The highest BCUT2D eigenvalue weighted by Crippen LogP contribution is 2.34. The smallest absolute Gasteiger partial charge is 0.263 e. The van der Waals surface area contributed by atoms with Crippen molar-refractivity contribution in [2.75, 3.05) is 11.1 Å². The SMILES string of the molecule is Cc1noc(-c2c(N)ccnc2N[C@@H](C)c2cc3cccc(-c4cnn(C)c4)c3c(=O)n2-c2ccccc2)n1. The van der Waals surface area contributed by atoms with Crippen LogP contribution in [0, 0.1) is 6.92 Å². The Hall–Kier alpha value is -5.25. The van der Waals surface area contributed by atoms with E-state index < -0.39 is 0 Å². The van der Waals surface area contributed by atoms with Gasteiger partial charge in [0.25, 0.3) is 11.4 Å². The average Bonchev–Trinajstić information content (AvgIpc) is 3.56. The van der Waals surface area contributed by atoms with Crippen LogP contribution in [0.25, 0.3) is 39.0 Å². The molecule has 0 aliphatic carbocycles. The van der Waals surface area contributed by atoms with E-state index in [-0.39, 0.29) is 17.5 Å². The van der Waals surface area contributed by atoms with Gasteiger partial charge >= 0.3 is 0 Å². The van der Waals surface area contributed by atoms with Crippen molar-refractivity contribution in [2.24, 2.45) is 7.05 Å². The molecule has 6 rings (SSSR count). The Kier molecular flexibility index (Phi) is 5.91. The van der Waals surface area contributed by atoms with E-state index in [2.05, 4.69) is 25.5 Å². The first-order chi connectivity index (χ1) is 18.9. The summed E-state index contributed by atoms with van der Waals surface area (Å²) in [6.07, 6.45) is 5.29. The molecule has 6 aromatic rings. The Morgan fingerprint density at radius 2 is 1.90 bits per heavy atom. The van der Waals surface area contributed by atoms with Crippen molar-refractivity contribution in [1.29, 1.82) is 0 Å². The lowest BCUT2D eigenvalue weighted by Gasteiger charge is -2.23. The summed E-state index contributed by atoms with van der Waals surface area (Å²) in [5.74, 6) is 1.24. The van der Waals surface area contributed by atoms with Gasteiger partial charge in [-0.15, -0.1) is 0 Å². The number of nitrogens with one attached hydrogen (secondary N) is 1. The van der Waals surface area contributed by atoms with Crippen LogP contribution in [0.1, 0.15) is 24.5 Å². The Balaban J connectivity index is 1.54. The molecule has 4 aromatic heterocycles. The largest absolute Gasteiger partial charge is 0.398 e. The minimum Gasteiger partial charge on any atom is -0.398 e. The highest BCUT2D eigenvalue weighted by atomic mass is 16.5. The number of nitrogen functional groups attached to an aromatic ring is 1. The number of aryl methyl sites for hydroxylation is 2. The predicted molar refractivity (Wildman–Crippen MR) is 150 cm³/mol. The van der Waals surface area contributed by atoms with E-state index >= 15 is 0 Å². The maximum absolute atomic E-state index is 14.3. The molecular weight excluding hydrogens is 492 g/mol.